The zero-order chi connectivity index (χ0) is 8.91. The van der Waals surface area contributed by atoms with Gasteiger partial charge in [0.1, 0.15) is 6.67 Å². The van der Waals surface area contributed by atoms with Crippen molar-refractivity contribution < 1.29 is 22.3 Å². The average Bonchev–Trinajstić information content (AvgIpc) is 1.87. The van der Waals surface area contributed by atoms with E-state index in [1.54, 1.807) is 0 Å². The van der Waals surface area contributed by atoms with Crippen LogP contribution in [0.1, 0.15) is 6.92 Å². The third kappa shape index (κ3) is 3.85. The Balaban J connectivity index is 3.96. The van der Waals surface area contributed by atoms with E-state index in [2.05, 4.69) is 4.74 Å². The quantitative estimate of drug-likeness (QED) is 0.469. The molecule has 0 saturated heterocycles. The van der Waals surface area contributed by atoms with Crippen molar-refractivity contribution in [2.24, 2.45) is 0 Å². The molecule has 0 radical (unpaired) electrons. The Bertz CT molecular complexity index is 129. The summed E-state index contributed by atoms with van der Waals surface area (Å²) in [4.78, 5) is 0. The fraction of sp³-hybridized carbons (Fsp3) is 0.667. The Morgan fingerprint density at radius 3 is 2.27 bits per heavy atom. The summed E-state index contributed by atoms with van der Waals surface area (Å²) in [6, 6.07) is 0. The molecule has 0 amide bonds. The molecule has 1 nitrogen and oxygen atoms in total. The normalized spacial score (nSPS) is 15.4. The topological polar surface area (TPSA) is 9.23 Å². The molecule has 0 aliphatic carbocycles. The maximum absolute atomic E-state index is 11.6. The first-order valence-corrected chi connectivity index (χ1v) is 2.91. The maximum atomic E-state index is 11.6. The molecule has 5 heteroatoms. The van der Waals surface area contributed by atoms with Crippen LogP contribution in [0.5, 0.6) is 0 Å². The second kappa shape index (κ2) is 4.20. The van der Waals surface area contributed by atoms with Crippen molar-refractivity contribution in [1.29, 1.82) is 0 Å². The number of alkyl halides is 4. The summed E-state index contributed by atoms with van der Waals surface area (Å²) in [6.07, 6.45) is -4.89. The van der Waals surface area contributed by atoms with Crippen molar-refractivity contribution in [3.8, 4) is 0 Å². The van der Waals surface area contributed by atoms with Gasteiger partial charge in [0.2, 0.25) is 6.10 Å². The number of rotatable bonds is 3. The Labute approximate surface area is 61.7 Å². The number of halogens is 4. The van der Waals surface area contributed by atoms with Gasteiger partial charge in [-0.25, -0.2) is 4.39 Å². The number of ether oxygens (including phenoxy) is 1. The van der Waals surface area contributed by atoms with E-state index in [1.807, 2.05) is 0 Å². The summed E-state index contributed by atoms with van der Waals surface area (Å²) in [6.45, 7) is -0.0838. The molecular weight excluding hydrogens is 164 g/mol. The molecule has 1 atom stereocenters. The van der Waals surface area contributed by atoms with Crippen LogP contribution in [-0.2, 0) is 4.74 Å². The minimum Gasteiger partial charge on any atom is -0.486 e. The van der Waals surface area contributed by atoms with Gasteiger partial charge < -0.3 is 4.74 Å². The molecule has 0 aromatic rings. The van der Waals surface area contributed by atoms with E-state index < -0.39 is 19.0 Å². The molecule has 0 bridgehead atoms. The highest BCUT2D eigenvalue weighted by molar-refractivity contribution is 4.73. The van der Waals surface area contributed by atoms with Crippen LogP contribution in [0.3, 0.4) is 0 Å². The molecule has 1 unspecified atom stereocenters. The lowest BCUT2D eigenvalue weighted by Gasteiger charge is -2.15. The van der Waals surface area contributed by atoms with Crippen molar-refractivity contribution in [3.05, 3.63) is 12.3 Å². The maximum Gasteiger partial charge on any atom is 0.427 e. The monoisotopic (exact) mass is 172 g/mol. The predicted molar refractivity (Wildman–Crippen MR) is 31.7 cm³/mol. The molecule has 0 aliphatic rings. The molecule has 0 saturated carbocycles. The van der Waals surface area contributed by atoms with Gasteiger partial charge in [-0.2, -0.15) is 13.2 Å². The highest BCUT2D eigenvalue weighted by atomic mass is 19.4. The van der Waals surface area contributed by atoms with Crippen LogP contribution in [0.25, 0.3) is 0 Å². The zero-order valence-electron chi connectivity index (χ0n) is 5.86. The molecule has 0 spiro atoms. The lowest BCUT2D eigenvalue weighted by Crippen LogP contribution is -2.32. The lowest BCUT2D eigenvalue weighted by molar-refractivity contribution is -0.209. The molecule has 0 aliphatic heterocycles. The van der Waals surface area contributed by atoms with Crippen LogP contribution in [0.2, 0.25) is 0 Å². The highest BCUT2D eigenvalue weighted by Crippen LogP contribution is 2.23. The fourth-order valence-corrected chi connectivity index (χ4v) is 0.374. The molecular formula is C6H8F4O. The van der Waals surface area contributed by atoms with Crippen molar-refractivity contribution in [2.45, 2.75) is 19.2 Å². The number of allylic oxidation sites excluding steroid dienone is 1. The van der Waals surface area contributed by atoms with Crippen molar-refractivity contribution >= 4 is 0 Å². The smallest absolute Gasteiger partial charge is 0.427 e. The molecule has 0 aromatic carbocycles. The first-order chi connectivity index (χ1) is 5.02. The van der Waals surface area contributed by atoms with E-state index in [0.29, 0.717) is 0 Å². The van der Waals surface area contributed by atoms with Gasteiger partial charge in [-0.15, -0.1) is 0 Å². The van der Waals surface area contributed by atoms with Crippen LogP contribution in [0, 0.1) is 0 Å². The largest absolute Gasteiger partial charge is 0.486 e. The summed E-state index contributed by atoms with van der Waals surface area (Å²) < 4.78 is 50.6. The summed E-state index contributed by atoms with van der Waals surface area (Å²) in [7, 11) is 0. The summed E-state index contributed by atoms with van der Waals surface area (Å²) in [5.41, 5.74) is 0. The van der Waals surface area contributed by atoms with Crippen LogP contribution >= 0.6 is 0 Å². The predicted octanol–water partition coefficient (Wildman–Crippen LogP) is 2.44. The molecule has 11 heavy (non-hydrogen) atoms. The van der Waals surface area contributed by atoms with E-state index in [4.69, 9.17) is 0 Å². The SMILES string of the molecule is CC=COC(CF)C(F)(F)F. The summed E-state index contributed by atoms with van der Waals surface area (Å²) >= 11 is 0. The molecule has 0 fully saturated rings. The van der Waals surface area contributed by atoms with E-state index in [0.717, 1.165) is 6.26 Å². The minimum absolute atomic E-state index is 0.817. The van der Waals surface area contributed by atoms with Crippen LogP contribution in [0.15, 0.2) is 12.3 Å². The van der Waals surface area contributed by atoms with Gasteiger partial charge in [-0.1, -0.05) is 6.08 Å². The second-order valence-corrected chi connectivity index (χ2v) is 1.79. The van der Waals surface area contributed by atoms with Gasteiger partial charge in [-0.05, 0) is 6.92 Å². The zero-order valence-corrected chi connectivity index (χ0v) is 5.86. The Morgan fingerprint density at radius 2 is 2.00 bits per heavy atom. The molecule has 0 N–H and O–H groups in total. The van der Waals surface area contributed by atoms with E-state index in [9.17, 15) is 17.6 Å². The van der Waals surface area contributed by atoms with Crippen LogP contribution in [-0.4, -0.2) is 19.0 Å². The third-order valence-corrected chi connectivity index (χ3v) is 0.884. The Kier molecular flexibility index (Phi) is 3.92. The minimum atomic E-state index is -4.63. The average molecular weight is 172 g/mol. The standard InChI is InChI=1S/C6H8F4O/c1-2-3-11-5(4-7)6(8,9)10/h2-3,5H,4H2,1H3. The molecule has 0 rings (SSSR count). The van der Waals surface area contributed by atoms with E-state index in [-0.39, 0.29) is 0 Å². The van der Waals surface area contributed by atoms with Gasteiger partial charge in [0.25, 0.3) is 0 Å². The van der Waals surface area contributed by atoms with E-state index >= 15 is 0 Å². The van der Waals surface area contributed by atoms with Crippen molar-refractivity contribution in [1.82, 2.24) is 0 Å². The second-order valence-electron chi connectivity index (χ2n) is 1.79. The van der Waals surface area contributed by atoms with Crippen molar-refractivity contribution in [3.63, 3.8) is 0 Å². The molecule has 66 valence electrons. The van der Waals surface area contributed by atoms with Crippen molar-refractivity contribution in [2.75, 3.05) is 6.67 Å². The van der Waals surface area contributed by atoms with Gasteiger partial charge in [0, 0.05) is 0 Å². The molecule has 0 aromatic heterocycles. The molecule has 0 heterocycles. The van der Waals surface area contributed by atoms with Crippen LogP contribution < -0.4 is 0 Å². The first kappa shape index (κ1) is 10.3. The van der Waals surface area contributed by atoms with Gasteiger partial charge in [0.05, 0.1) is 6.26 Å². The van der Waals surface area contributed by atoms with E-state index in [1.165, 1.54) is 13.0 Å². The Hall–Kier alpha value is -0.740. The summed E-state index contributed by atoms with van der Waals surface area (Å²) in [5.74, 6) is 0. The summed E-state index contributed by atoms with van der Waals surface area (Å²) in [5, 5.41) is 0. The lowest BCUT2D eigenvalue weighted by atomic mass is 10.4. The number of hydrogen-bond donors (Lipinski definition) is 0. The van der Waals surface area contributed by atoms with Crippen LogP contribution in [0.4, 0.5) is 17.6 Å². The fourth-order valence-electron chi connectivity index (χ4n) is 0.374. The number of hydrogen-bond acceptors (Lipinski definition) is 1. The highest BCUT2D eigenvalue weighted by Gasteiger charge is 2.41. The Morgan fingerprint density at radius 1 is 1.45 bits per heavy atom. The first-order valence-electron chi connectivity index (χ1n) is 2.91. The van der Waals surface area contributed by atoms with Gasteiger partial charge in [-0.3, -0.25) is 0 Å². The third-order valence-electron chi connectivity index (χ3n) is 0.884. The van der Waals surface area contributed by atoms with Gasteiger partial charge >= 0.3 is 6.18 Å². The van der Waals surface area contributed by atoms with Gasteiger partial charge in [0.15, 0.2) is 0 Å².